The lowest BCUT2D eigenvalue weighted by atomic mass is 10.1. The summed E-state index contributed by atoms with van der Waals surface area (Å²) in [6.07, 6.45) is 0. The SMILES string of the molecule is CCOCCN(CCOCC)C(=O)c1cc(Cl)ccc1N. The number of ether oxygens (including phenoxy) is 2. The molecule has 2 N–H and O–H groups in total. The van der Waals surface area contributed by atoms with Crippen LogP contribution in [0, 0.1) is 0 Å². The molecule has 1 amide bonds. The van der Waals surface area contributed by atoms with Gasteiger partial charge in [-0.15, -0.1) is 0 Å². The number of rotatable bonds is 9. The average Bonchev–Trinajstić information content (AvgIpc) is 2.48. The van der Waals surface area contributed by atoms with Crippen LogP contribution < -0.4 is 5.73 Å². The maximum atomic E-state index is 12.6. The first kappa shape index (κ1) is 17.8. The van der Waals surface area contributed by atoms with Gasteiger partial charge in [0.25, 0.3) is 5.91 Å². The van der Waals surface area contributed by atoms with Crippen LogP contribution in [0.1, 0.15) is 24.2 Å². The van der Waals surface area contributed by atoms with E-state index in [2.05, 4.69) is 0 Å². The zero-order valence-electron chi connectivity index (χ0n) is 12.6. The minimum Gasteiger partial charge on any atom is -0.398 e. The fraction of sp³-hybridized carbons (Fsp3) is 0.533. The fourth-order valence-electron chi connectivity index (χ4n) is 1.84. The number of halogens is 1. The molecular weight excluding hydrogens is 292 g/mol. The molecular formula is C15H23ClN2O3. The number of nitrogens with two attached hydrogens (primary N) is 1. The third kappa shape index (κ3) is 5.91. The van der Waals surface area contributed by atoms with Crippen LogP contribution in [0.5, 0.6) is 0 Å². The Bertz CT molecular complexity index is 445. The van der Waals surface area contributed by atoms with E-state index < -0.39 is 0 Å². The molecule has 0 aromatic heterocycles. The molecule has 1 aromatic carbocycles. The normalized spacial score (nSPS) is 10.6. The quantitative estimate of drug-likeness (QED) is 0.561. The summed E-state index contributed by atoms with van der Waals surface area (Å²) in [6, 6.07) is 4.89. The van der Waals surface area contributed by atoms with Crippen LogP contribution in [0.2, 0.25) is 5.02 Å². The molecule has 0 saturated heterocycles. The van der Waals surface area contributed by atoms with Gasteiger partial charge in [-0.1, -0.05) is 11.6 Å². The average molecular weight is 315 g/mol. The molecule has 0 saturated carbocycles. The summed E-state index contributed by atoms with van der Waals surface area (Å²) < 4.78 is 10.6. The van der Waals surface area contributed by atoms with E-state index in [4.69, 9.17) is 26.8 Å². The van der Waals surface area contributed by atoms with E-state index in [0.29, 0.717) is 55.8 Å². The van der Waals surface area contributed by atoms with Gasteiger partial charge in [0, 0.05) is 37.0 Å². The Morgan fingerprint density at radius 2 is 1.76 bits per heavy atom. The smallest absolute Gasteiger partial charge is 0.256 e. The summed E-state index contributed by atoms with van der Waals surface area (Å²) in [5.74, 6) is -0.158. The van der Waals surface area contributed by atoms with Gasteiger partial charge in [-0.3, -0.25) is 4.79 Å². The van der Waals surface area contributed by atoms with Crippen LogP contribution in [0.3, 0.4) is 0 Å². The number of benzene rings is 1. The summed E-state index contributed by atoms with van der Waals surface area (Å²) in [5.41, 5.74) is 6.70. The number of carbonyl (C=O) groups is 1. The molecule has 0 fully saturated rings. The van der Waals surface area contributed by atoms with E-state index in [1.165, 1.54) is 0 Å². The van der Waals surface area contributed by atoms with Crippen molar-refractivity contribution in [3.05, 3.63) is 28.8 Å². The van der Waals surface area contributed by atoms with Crippen molar-refractivity contribution in [3.63, 3.8) is 0 Å². The summed E-state index contributed by atoms with van der Waals surface area (Å²) in [6.45, 7) is 7.02. The summed E-state index contributed by atoms with van der Waals surface area (Å²) in [4.78, 5) is 14.3. The Labute approximate surface area is 131 Å². The molecule has 5 nitrogen and oxygen atoms in total. The topological polar surface area (TPSA) is 64.8 Å². The predicted octanol–water partition coefficient (Wildman–Crippen LogP) is 2.44. The zero-order valence-corrected chi connectivity index (χ0v) is 13.4. The van der Waals surface area contributed by atoms with Gasteiger partial charge in [-0.25, -0.2) is 0 Å². The maximum Gasteiger partial charge on any atom is 0.256 e. The third-order valence-corrected chi connectivity index (χ3v) is 3.19. The van der Waals surface area contributed by atoms with E-state index in [0.717, 1.165) is 0 Å². The first-order chi connectivity index (χ1) is 10.1. The second-order valence-electron chi connectivity index (χ2n) is 4.42. The minimum atomic E-state index is -0.158. The van der Waals surface area contributed by atoms with Gasteiger partial charge in [0.05, 0.1) is 18.8 Å². The highest BCUT2D eigenvalue weighted by Crippen LogP contribution is 2.19. The monoisotopic (exact) mass is 314 g/mol. The van der Waals surface area contributed by atoms with E-state index in [9.17, 15) is 4.79 Å². The van der Waals surface area contributed by atoms with Gasteiger partial charge in [-0.05, 0) is 32.0 Å². The standard InChI is InChI=1S/C15H23ClN2O3/c1-3-20-9-7-18(8-10-21-4-2)15(19)13-11-12(16)5-6-14(13)17/h5-6,11H,3-4,7-10,17H2,1-2H3. The molecule has 0 aliphatic carbocycles. The van der Waals surface area contributed by atoms with E-state index in [-0.39, 0.29) is 5.91 Å². The number of amides is 1. The molecule has 0 unspecified atom stereocenters. The molecule has 0 bridgehead atoms. The van der Waals surface area contributed by atoms with Crippen LogP contribution in [0.15, 0.2) is 18.2 Å². The Kier molecular flexibility index (Phi) is 8.12. The number of carbonyl (C=O) groups excluding carboxylic acids is 1. The zero-order chi connectivity index (χ0) is 15.7. The number of hydrogen-bond donors (Lipinski definition) is 1. The number of nitrogens with zero attached hydrogens (tertiary/aromatic N) is 1. The molecule has 0 spiro atoms. The van der Waals surface area contributed by atoms with Crippen molar-refractivity contribution in [1.29, 1.82) is 0 Å². The Balaban J connectivity index is 2.79. The molecule has 0 radical (unpaired) electrons. The molecule has 0 heterocycles. The van der Waals surface area contributed by atoms with Gasteiger partial charge < -0.3 is 20.1 Å². The molecule has 1 aromatic rings. The lowest BCUT2D eigenvalue weighted by Crippen LogP contribution is -2.37. The van der Waals surface area contributed by atoms with Crippen molar-refractivity contribution in [1.82, 2.24) is 4.90 Å². The van der Waals surface area contributed by atoms with E-state index in [1.54, 1.807) is 23.1 Å². The molecule has 118 valence electrons. The van der Waals surface area contributed by atoms with Crippen LogP contribution in [-0.4, -0.2) is 50.3 Å². The molecule has 0 atom stereocenters. The van der Waals surface area contributed by atoms with Crippen molar-refractivity contribution in [2.24, 2.45) is 0 Å². The van der Waals surface area contributed by atoms with Crippen molar-refractivity contribution in [3.8, 4) is 0 Å². The Morgan fingerprint density at radius 1 is 1.19 bits per heavy atom. The molecule has 0 aliphatic heterocycles. The highest BCUT2D eigenvalue weighted by atomic mass is 35.5. The predicted molar refractivity (Wildman–Crippen MR) is 84.8 cm³/mol. The summed E-state index contributed by atoms with van der Waals surface area (Å²) in [7, 11) is 0. The van der Waals surface area contributed by atoms with Gasteiger partial charge >= 0.3 is 0 Å². The first-order valence-corrected chi connectivity index (χ1v) is 7.47. The second kappa shape index (κ2) is 9.60. The molecule has 6 heteroatoms. The summed E-state index contributed by atoms with van der Waals surface area (Å²) in [5, 5.41) is 0.488. The van der Waals surface area contributed by atoms with Gasteiger partial charge in [0.1, 0.15) is 0 Å². The van der Waals surface area contributed by atoms with Crippen molar-refractivity contribution < 1.29 is 14.3 Å². The lowest BCUT2D eigenvalue weighted by Gasteiger charge is -2.23. The van der Waals surface area contributed by atoms with Crippen LogP contribution >= 0.6 is 11.6 Å². The second-order valence-corrected chi connectivity index (χ2v) is 4.85. The van der Waals surface area contributed by atoms with Gasteiger partial charge in [0.2, 0.25) is 0 Å². The molecule has 21 heavy (non-hydrogen) atoms. The number of nitrogen functional groups attached to an aromatic ring is 1. The Morgan fingerprint density at radius 3 is 2.29 bits per heavy atom. The largest absolute Gasteiger partial charge is 0.398 e. The maximum absolute atomic E-state index is 12.6. The number of anilines is 1. The van der Waals surface area contributed by atoms with Crippen LogP contribution in [-0.2, 0) is 9.47 Å². The molecule has 1 rings (SSSR count). The highest BCUT2D eigenvalue weighted by molar-refractivity contribution is 6.31. The van der Waals surface area contributed by atoms with Crippen LogP contribution in [0.25, 0.3) is 0 Å². The van der Waals surface area contributed by atoms with E-state index in [1.807, 2.05) is 13.8 Å². The summed E-state index contributed by atoms with van der Waals surface area (Å²) >= 11 is 5.94. The lowest BCUT2D eigenvalue weighted by molar-refractivity contribution is 0.0551. The number of hydrogen-bond acceptors (Lipinski definition) is 4. The van der Waals surface area contributed by atoms with Crippen molar-refractivity contribution >= 4 is 23.2 Å². The Hall–Kier alpha value is -1.30. The van der Waals surface area contributed by atoms with E-state index >= 15 is 0 Å². The fourth-order valence-corrected chi connectivity index (χ4v) is 2.01. The highest BCUT2D eigenvalue weighted by Gasteiger charge is 2.18. The van der Waals surface area contributed by atoms with Crippen molar-refractivity contribution in [2.75, 3.05) is 45.3 Å². The van der Waals surface area contributed by atoms with Gasteiger partial charge in [0.15, 0.2) is 0 Å². The van der Waals surface area contributed by atoms with Gasteiger partial charge in [-0.2, -0.15) is 0 Å². The third-order valence-electron chi connectivity index (χ3n) is 2.95. The first-order valence-electron chi connectivity index (χ1n) is 7.09. The minimum absolute atomic E-state index is 0.158. The van der Waals surface area contributed by atoms with Crippen molar-refractivity contribution in [2.45, 2.75) is 13.8 Å². The molecule has 0 aliphatic rings. The van der Waals surface area contributed by atoms with Crippen LogP contribution in [0.4, 0.5) is 5.69 Å².